The summed E-state index contributed by atoms with van der Waals surface area (Å²) in [5.74, 6) is 9.05. The third-order valence-corrected chi connectivity index (χ3v) is 7.17. The molecule has 0 aromatic heterocycles. The zero-order chi connectivity index (χ0) is 15.5. The number of ether oxygens (including phenoxy) is 1. The van der Waals surface area contributed by atoms with Crippen LogP contribution in [0.5, 0.6) is 0 Å². The topological polar surface area (TPSA) is 50.5 Å². The summed E-state index contributed by atoms with van der Waals surface area (Å²) in [6.45, 7) is 5.46. The maximum atomic E-state index is 6.19. The second-order valence-electron chi connectivity index (χ2n) is 6.94. The molecule has 21 heavy (non-hydrogen) atoms. The van der Waals surface area contributed by atoms with Gasteiger partial charge in [-0.25, -0.2) is 0 Å². The smallest absolute Gasteiger partial charge is 0.0783 e. The lowest BCUT2D eigenvalue weighted by atomic mass is 9.71. The zero-order valence-corrected chi connectivity index (χ0v) is 15.0. The summed E-state index contributed by atoms with van der Waals surface area (Å²) in [6, 6.07) is 0.328. The number of nitrogens with one attached hydrogen (secondary N) is 1. The molecule has 1 spiro atoms. The zero-order valence-electron chi connectivity index (χ0n) is 14.2. The summed E-state index contributed by atoms with van der Waals surface area (Å²) in [6.07, 6.45) is 5.72. The largest absolute Gasteiger partial charge is 0.374 e. The monoisotopic (exact) mass is 315 g/mol. The molecular formula is C16H33N3OS. The maximum Gasteiger partial charge on any atom is 0.0783 e. The van der Waals surface area contributed by atoms with E-state index in [1.165, 1.54) is 12.2 Å². The first kappa shape index (κ1) is 17.5. The van der Waals surface area contributed by atoms with Crippen molar-refractivity contribution in [1.82, 2.24) is 10.3 Å². The van der Waals surface area contributed by atoms with Crippen LogP contribution in [0.3, 0.4) is 0 Å². The fourth-order valence-corrected chi connectivity index (χ4v) is 5.92. The van der Waals surface area contributed by atoms with Crippen LogP contribution in [0.1, 0.15) is 46.0 Å². The fourth-order valence-electron chi connectivity index (χ4n) is 4.54. The minimum atomic E-state index is 0.127. The van der Waals surface area contributed by atoms with Gasteiger partial charge in [0.25, 0.3) is 0 Å². The van der Waals surface area contributed by atoms with E-state index >= 15 is 0 Å². The number of hydrogen-bond donors (Lipinski definition) is 2. The van der Waals surface area contributed by atoms with Crippen LogP contribution in [-0.4, -0.2) is 54.3 Å². The van der Waals surface area contributed by atoms with Crippen LogP contribution in [0, 0.1) is 5.92 Å². The number of thioether (sulfide) groups is 1. The Balaban J connectivity index is 2.19. The molecule has 124 valence electrons. The molecule has 3 unspecified atom stereocenters. The van der Waals surface area contributed by atoms with Crippen molar-refractivity contribution in [3.05, 3.63) is 0 Å². The van der Waals surface area contributed by atoms with E-state index in [4.69, 9.17) is 10.6 Å². The van der Waals surface area contributed by atoms with E-state index < -0.39 is 0 Å². The lowest BCUT2D eigenvalue weighted by Crippen LogP contribution is -2.64. The van der Waals surface area contributed by atoms with Gasteiger partial charge in [0.1, 0.15) is 0 Å². The number of hydrogen-bond acceptors (Lipinski definition) is 5. The standard InChI is InChI=1S/C16H33N3OS/c1-5-16(6-2,19(3)4)14(18-17)13-7-9-20-15(11-13)8-10-21-12-15/h13-14,18H,5-12,17H2,1-4H3. The highest BCUT2D eigenvalue weighted by Crippen LogP contribution is 2.44. The minimum Gasteiger partial charge on any atom is -0.374 e. The number of hydrazine groups is 1. The Kier molecular flexibility index (Phi) is 5.99. The molecule has 2 aliphatic heterocycles. The van der Waals surface area contributed by atoms with Crippen molar-refractivity contribution >= 4 is 11.8 Å². The van der Waals surface area contributed by atoms with E-state index in [0.29, 0.717) is 12.0 Å². The van der Waals surface area contributed by atoms with Crippen molar-refractivity contribution in [2.45, 2.75) is 63.1 Å². The van der Waals surface area contributed by atoms with Crippen molar-refractivity contribution in [2.24, 2.45) is 11.8 Å². The van der Waals surface area contributed by atoms with E-state index in [2.05, 4.69) is 38.3 Å². The fraction of sp³-hybridized carbons (Fsp3) is 1.00. The molecule has 2 aliphatic rings. The van der Waals surface area contributed by atoms with Gasteiger partial charge in [-0.3, -0.25) is 11.3 Å². The maximum absolute atomic E-state index is 6.19. The summed E-state index contributed by atoms with van der Waals surface area (Å²) in [7, 11) is 4.38. The molecule has 2 saturated heterocycles. The molecule has 4 nitrogen and oxygen atoms in total. The Bertz CT molecular complexity index is 327. The molecule has 0 aromatic rings. The van der Waals surface area contributed by atoms with E-state index in [0.717, 1.165) is 38.0 Å². The van der Waals surface area contributed by atoms with Gasteiger partial charge in [0.15, 0.2) is 0 Å². The molecule has 0 aliphatic carbocycles. The van der Waals surface area contributed by atoms with Crippen LogP contribution in [-0.2, 0) is 4.74 Å². The normalized spacial score (nSPS) is 32.0. The highest BCUT2D eigenvalue weighted by atomic mass is 32.2. The first-order valence-corrected chi connectivity index (χ1v) is 9.54. The van der Waals surface area contributed by atoms with Gasteiger partial charge in [-0.2, -0.15) is 11.8 Å². The molecule has 3 N–H and O–H groups in total. The van der Waals surface area contributed by atoms with E-state index in [1.54, 1.807) is 0 Å². The highest BCUT2D eigenvalue weighted by molar-refractivity contribution is 7.99. The van der Waals surface area contributed by atoms with Crippen molar-refractivity contribution in [3.63, 3.8) is 0 Å². The Morgan fingerprint density at radius 1 is 1.43 bits per heavy atom. The summed E-state index contributed by atoms with van der Waals surface area (Å²) in [4.78, 5) is 2.38. The molecule has 2 heterocycles. The first-order chi connectivity index (χ1) is 10.0. The summed E-state index contributed by atoms with van der Waals surface area (Å²) >= 11 is 2.04. The summed E-state index contributed by atoms with van der Waals surface area (Å²) in [5.41, 5.74) is 3.45. The van der Waals surface area contributed by atoms with Crippen LogP contribution >= 0.6 is 11.8 Å². The van der Waals surface area contributed by atoms with Crippen LogP contribution in [0.15, 0.2) is 0 Å². The van der Waals surface area contributed by atoms with Gasteiger partial charge in [0.05, 0.1) is 5.60 Å². The second kappa shape index (κ2) is 7.18. The first-order valence-electron chi connectivity index (χ1n) is 8.39. The molecule has 5 heteroatoms. The van der Waals surface area contributed by atoms with Gasteiger partial charge >= 0.3 is 0 Å². The SMILES string of the molecule is CCC(CC)(C(NN)C1CCOC2(CCSC2)C1)N(C)C. The Morgan fingerprint density at radius 3 is 2.62 bits per heavy atom. The highest BCUT2D eigenvalue weighted by Gasteiger charge is 2.48. The lowest BCUT2D eigenvalue weighted by Gasteiger charge is -2.51. The van der Waals surface area contributed by atoms with Gasteiger partial charge in [0.2, 0.25) is 0 Å². The minimum absolute atomic E-state index is 0.127. The van der Waals surface area contributed by atoms with E-state index in [9.17, 15) is 0 Å². The average molecular weight is 316 g/mol. The Morgan fingerprint density at radius 2 is 2.14 bits per heavy atom. The van der Waals surface area contributed by atoms with E-state index in [1.807, 2.05) is 11.8 Å². The quantitative estimate of drug-likeness (QED) is 0.581. The van der Waals surface area contributed by atoms with Crippen LogP contribution in [0.4, 0.5) is 0 Å². The Hall–Kier alpha value is 0.190. The number of nitrogens with two attached hydrogens (primary N) is 1. The molecule has 0 aromatic carbocycles. The predicted octanol–water partition coefficient (Wildman–Crippen LogP) is 2.24. The molecule has 2 fully saturated rings. The molecule has 0 bridgehead atoms. The van der Waals surface area contributed by atoms with Crippen molar-refractivity contribution in [2.75, 3.05) is 32.2 Å². The molecule has 0 saturated carbocycles. The van der Waals surface area contributed by atoms with Gasteiger partial charge in [0, 0.05) is 23.9 Å². The van der Waals surface area contributed by atoms with E-state index in [-0.39, 0.29) is 11.1 Å². The predicted molar refractivity (Wildman–Crippen MR) is 91.5 cm³/mol. The van der Waals surface area contributed by atoms with Gasteiger partial charge < -0.3 is 9.64 Å². The van der Waals surface area contributed by atoms with Gasteiger partial charge in [-0.1, -0.05) is 13.8 Å². The van der Waals surface area contributed by atoms with Gasteiger partial charge in [-0.15, -0.1) is 0 Å². The van der Waals surface area contributed by atoms with Crippen molar-refractivity contribution in [1.29, 1.82) is 0 Å². The average Bonchev–Trinajstić information content (AvgIpc) is 2.92. The molecule has 0 amide bonds. The molecular weight excluding hydrogens is 282 g/mol. The van der Waals surface area contributed by atoms with Crippen molar-refractivity contribution in [3.8, 4) is 0 Å². The lowest BCUT2D eigenvalue weighted by molar-refractivity contribution is -0.0969. The summed E-state index contributed by atoms with van der Waals surface area (Å²) in [5, 5.41) is 0. The number of nitrogens with zero attached hydrogens (tertiary/aromatic N) is 1. The second-order valence-corrected chi connectivity index (χ2v) is 8.04. The third kappa shape index (κ3) is 3.27. The van der Waals surface area contributed by atoms with Crippen LogP contribution in [0.2, 0.25) is 0 Å². The third-order valence-electron chi connectivity index (χ3n) is 5.94. The summed E-state index contributed by atoms with van der Waals surface area (Å²) < 4.78 is 6.19. The van der Waals surface area contributed by atoms with Gasteiger partial charge in [-0.05, 0) is 57.9 Å². The molecule has 0 radical (unpaired) electrons. The molecule has 3 atom stereocenters. The van der Waals surface area contributed by atoms with Crippen molar-refractivity contribution < 1.29 is 4.74 Å². The molecule has 2 rings (SSSR count). The van der Waals surface area contributed by atoms with Crippen LogP contribution < -0.4 is 11.3 Å². The number of likely N-dealkylation sites (N-methyl/N-ethyl adjacent to an activating group) is 1. The van der Waals surface area contributed by atoms with Crippen LogP contribution in [0.25, 0.3) is 0 Å². The Labute approximate surface area is 134 Å². The number of rotatable bonds is 6.